The second-order valence-electron chi connectivity index (χ2n) is 6.95. The maximum atomic E-state index is 11.6. The minimum Gasteiger partial charge on any atom is -0.453 e. The highest BCUT2D eigenvalue weighted by Crippen LogP contribution is 2.49. The number of aromatic nitrogens is 3. The summed E-state index contributed by atoms with van der Waals surface area (Å²) in [5.41, 5.74) is -0.773. The number of anilines is 1. The van der Waals surface area contributed by atoms with E-state index in [1.165, 1.54) is 18.0 Å². The summed E-state index contributed by atoms with van der Waals surface area (Å²) in [5.74, 6) is -0.729. The van der Waals surface area contributed by atoms with Crippen LogP contribution in [0.4, 0.5) is 10.6 Å². The summed E-state index contributed by atoms with van der Waals surface area (Å²) in [6.07, 6.45) is -1.61. The van der Waals surface area contributed by atoms with E-state index in [9.17, 15) is 15.2 Å². The highest BCUT2D eigenvalue weighted by Gasteiger charge is 2.65. The molecule has 2 aromatic rings. The standard InChI is InChI=1S/C17H19N5O6/c1-16(2)27-12-10(6-23)26-17(7-18,13(12)28-16)11-5-4-9-14(21-15(24)25-3)19-8-20-22(9)11/h4-5,8,10,12-13,23H,6H2,1-3H3,(H,19,20,21,24)/t10-,12-,13-,17+/m1/s1. The number of methoxy groups -OCH3 is 1. The lowest BCUT2D eigenvalue weighted by Crippen LogP contribution is -2.40. The summed E-state index contributed by atoms with van der Waals surface area (Å²) in [4.78, 5) is 15.6. The average molecular weight is 389 g/mol. The number of ether oxygens (including phenoxy) is 4. The van der Waals surface area contributed by atoms with Crippen molar-refractivity contribution in [2.45, 2.75) is 43.5 Å². The first-order valence-electron chi connectivity index (χ1n) is 8.59. The summed E-state index contributed by atoms with van der Waals surface area (Å²) >= 11 is 0. The third kappa shape index (κ3) is 2.61. The molecule has 2 N–H and O–H groups in total. The van der Waals surface area contributed by atoms with Gasteiger partial charge in [0.1, 0.15) is 36.2 Å². The third-order valence-electron chi connectivity index (χ3n) is 4.82. The second-order valence-corrected chi connectivity index (χ2v) is 6.95. The largest absolute Gasteiger partial charge is 0.453 e. The zero-order valence-electron chi connectivity index (χ0n) is 15.4. The number of amides is 1. The summed E-state index contributed by atoms with van der Waals surface area (Å²) < 4.78 is 23.8. The molecule has 148 valence electrons. The van der Waals surface area contributed by atoms with E-state index >= 15 is 0 Å². The number of carbonyl (C=O) groups is 1. The van der Waals surface area contributed by atoms with E-state index in [0.717, 1.165) is 0 Å². The van der Waals surface area contributed by atoms with Crippen molar-refractivity contribution in [3.63, 3.8) is 0 Å². The highest BCUT2D eigenvalue weighted by atomic mass is 16.8. The Morgan fingerprint density at radius 2 is 2.21 bits per heavy atom. The van der Waals surface area contributed by atoms with Gasteiger partial charge in [-0.15, -0.1) is 0 Å². The van der Waals surface area contributed by atoms with Crippen LogP contribution in [0, 0.1) is 11.3 Å². The third-order valence-corrected chi connectivity index (χ3v) is 4.82. The number of hydrogen-bond acceptors (Lipinski definition) is 9. The molecule has 4 rings (SSSR count). The molecule has 1 amide bonds. The number of nitrogens with zero attached hydrogens (tertiary/aromatic N) is 4. The molecular weight excluding hydrogens is 370 g/mol. The van der Waals surface area contributed by atoms with Crippen molar-refractivity contribution >= 4 is 17.4 Å². The van der Waals surface area contributed by atoms with Gasteiger partial charge in [0.05, 0.1) is 19.4 Å². The first kappa shape index (κ1) is 18.6. The number of aliphatic hydroxyl groups excluding tert-OH is 1. The van der Waals surface area contributed by atoms with E-state index in [4.69, 9.17) is 14.2 Å². The molecular formula is C17H19N5O6. The van der Waals surface area contributed by atoms with Gasteiger partial charge in [0.15, 0.2) is 11.6 Å². The lowest BCUT2D eigenvalue weighted by atomic mass is 9.92. The fourth-order valence-electron chi connectivity index (χ4n) is 3.70. The number of fused-ring (bicyclic) bond motifs is 2. The van der Waals surface area contributed by atoms with Crippen molar-refractivity contribution in [3.05, 3.63) is 24.2 Å². The van der Waals surface area contributed by atoms with Crippen molar-refractivity contribution < 1.29 is 28.8 Å². The number of nitriles is 1. The molecule has 0 aliphatic carbocycles. The molecule has 11 nitrogen and oxygen atoms in total. The van der Waals surface area contributed by atoms with E-state index < -0.39 is 35.8 Å². The Hall–Kier alpha value is -2.78. The molecule has 0 spiro atoms. The first-order chi connectivity index (χ1) is 13.3. The van der Waals surface area contributed by atoms with E-state index in [-0.39, 0.29) is 12.4 Å². The average Bonchev–Trinajstić information content (AvgIpc) is 3.32. The van der Waals surface area contributed by atoms with Gasteiger partial charge in [-0.25, -0.2) is 14.3 Å². The SMILES string of the molecule is COC(=O)Nc1ncnn2c([C@]3(C#N)O[C@H](CO)[C@H]4OC(C)(C)O[C@H]43)ccc12. The van der Waals surface area contributed by atoms with Crippen LogP contribution in [0.3, 0.4) is 0 Å². The minimum atomic E-state index is -1.57. The number of rotatable bonds is 3. The molecule has 4 heterocycles. The van der Waals surface area contributed by atoms with Crippen LogP contribution < -0.4 is 5.32 Å². The van der Waals surface area contributed by atoms with E-state index in [1.54, 1.807) is 26.0 Å². The summed E-state index contributed by atoms with van der Waals surface area (Å²) in [6, 6.07) is 5.47. The van der Waals surface area contributed by atoms with Gasteiger partial charge in [-0.3, -0.25) is 5.32 Å². The minimum absolute atomic E-state index is 0.207. The molecule has 0 radical (unpaired) electrons. The lowest BCUT2D eigenvalue weighted by Gasteiger charge is -2.28. The fraction of sp³-hybridized carbons (Fsp3) is 0.529. The van der Waals surface area contributed by atoms with Crippen LogP contribution in [0.1, 0.15) is 19.5 Å². The molecule has 4 atom stereocenters. The molecule has 11 heteroatoms. The van der Waals surface area contributed by atoms with E-state index in [0.29, 0.717) is 11.2 Å². The van der Waals surface area contributed by atoms with Crippen LogP contribution in [-0.4, -0.2) is 63.6 Å². The predicted octanol–water partition coefficient (Wildman–Crippen LogP) is 0.538. The maximum Gasteiger partial charge on any atom is 0.412 e. The van der Waals surface area contributed by atoms with Crippen molar-refractivity contribution in [1.29, 1.82) is 5.26 Å². The Morgan fingerprint density at radius 1 is 1.43 bits per heavy atom. The van der Waals surface area contributed by atoms with Crippen LogP contribution in [0.25, 0.3) is 5.52 Å². The van der Waals surface area contributed by atoms with Crippen LogP contribution in [0.5, 0.6) is 0 Å². The number of hydrogen-bond donors (Lipinski definition) is 2. The molecule has 28 heavy (non-hydrogen) atoms. The van der Waals surface area contributed by atoms with Crippen molar-refractivity contribution in [1.82, 2.24) is 14.6 Å². The van der Waals surface area contributed by atoms with Crippen LogP contribution in [-0.2, 0) is 24.5 Å². The van der Waals surface area contributed by atoms with Gasteiger partial charge in [0.25, 0.3) is 0 Å². The molecule has 0 bridgehead atoms. The van der Waals surface area contributed by atoms with E-state index in [1.807, 2.05) is 0 Å². The molecule has 0 aromatic carbocycles. The van der Waals surface area contributed by atoms with E-state index in [2.05, 4.69) is 26.2 Å². The molecule has 2 aromatic heterocycles. The van der Waals surface area contributed by atoms with Crippen molar-refractivity contribution in [2.75, 3.05) is 19.0 Å². The number of nitrogens with one attached hydrogen (secondary N) is 1. The van der Waals surface area contributed by atoms with Crippen LogP contribution in [0.2, 0.25) is 0 Å². The van der Waals surface area contributed by atoms with Gasteiger partial charge in [0, 0.05) is 0 Å². The maximum absolute atomic E-state index is 11.6. The molecule has 2 aliphatic rings. The zero-order chi connectivity index (χ0) is 20.1. The van der Waals surface area contributed by atoms with Crippen molar-refractivity contribution in [3.8, 4) is 6.07 Å². The van der Waals surface area contributed by atoms with Crippen molar-refractivity contribution in [2.24, 2.45) is 0 Å². The predicted molar refractivity (Wildman–Crippen MR) is 92.1 cm³/mol. The summed E-state index contributed by atoms with van der Waals surface area (Å²) in [7, 11) is 1.24. The Bertz CT molecular complexity index is 969. The van der Waals surface area contributed by atoms with Gasteiger partial charge >= 0.3 is 6.09 Å². The second kappa shape index (κ2) is 6.39. The highest BCUT2D eigenvalue weighted by molar-refractivity contribution is 5.88. The normalized spacial score (nSPS) is 30.8. The van der Waals surface area contributed by atoms with Crippen LogP contribution >= 0.6 is 0 Å². The smallest absolute Gasteiger partial charge is 0.412 e. The van der Waals surface area contributed by atoms with Gasteiger partial charge < -0.3 is 24.1 Å². The summed E-state index contributed by atoms with van der Waals surface area (Å²) in [6.45, 7) is 3.13. The molecule has 0 unspecified atom stereocenters. The molecule has 0 saturated carbocycles. The van der Waals surface area contributed by atoms with Gasteiger partial charge in [0.2, 0.25) is 5.60 Å². The monoisotopic (exact) mass is 389 g/mol. The Morgan fingerprint density at radius 3 is 2.89 bits per heavy atom. The topological polar surface area (TPSA) is 140 Å². The first-order valence-corrected chi connectivity index (χ1v) is 8.59. The Labute approximate surface area is 159 Å². The Balaban J connectivity index is 1.83. The fourth-order valence-corrected chi connectivity index (χ4v) is 3.70. The summed E-state index contributed by atoms with van der Waals surface area (Å²) in [5, 5.41) is 26.5. The van der Waals surface area contributed by atoms with Gasteiger partial charge in [-0.05, 0) is 26.0 Å². The molecule has 2 fully saturated rings. The quantitative estimate of drug-likeness (QED) is 0.769. The number of carbonyl (C=O) groups excluding carboxylic acids is 1. The van der Waals surface area contributed by atoms with Gasteiger partial charge in [-0.1, -0.05) is 0 Å². The van der Waals surface area contributed by atoms with Crippen LogP contribution in [0.15, 0.2) is 18.5 Å². The molecule has 2 saturated heterocycles. The zero-order valence-corrected chi connectivity index (χ0v) is 15.4. The lowest BCUT2D eigenvalue weighted by molar-refractivity contribution is -0.204. The number of aliphatic hydroxyl groups is 1. The molecule has 2 aliphatic heterocycles. The Kier molecular flexibility index (Phi) is 4.24. The van der Waals surface area contributed by atoms with Gasteiger partial charge in [-0.2, -0.15) is 10.4 Å².